The summed E-state index contributed by atoms with van der Waals surface area (Å²) in [6.07, 6.45) is 1.81. The predicted octanol–water partition coefficient (Wildman–Crippen LogP) is 3.84. The summed E-state index contributed by atoms with van der Waals surface area (Å²) in [4.78, 5) is 37.2. The number of ether oxygens (including phenoxy) is 1. The van der Waals surface area contributed by atoms with Crippen LogP contribution in [0.5, 0.6) is 0 Å². The van der Waals surface area contributed by atoms with Gasteiger partial charge in [0.25, 0.3) is 5.91 Å². The smallest absolute Gasteiger partial charge is 0.342 e. The summed E-state index contributed by atoms with van der Waals surface area (Å²) < 4.78 is 11.1. The second-order valence-electron chi connectivity index (χ2n) is 6.71. The van der Waals surface area contributed by atoms with Crippen LogP contribution < -0.4 is 10.7 Å². The minimum Gasteiger partial charge on any atom is -0.455 e. The van der Waals surface area contributed by atoms with E-state index < -0.39 is 5.97 Å². The van der Waals surface area contributed by atoms with Crippen molar-refractivity contribution in [3.63, 3.8) is 0 Å². The number of fused-ring (bicyclic) bond motifs is 1. The molecule has 2 aromatic carbocycles. The topological polar surface area (TPSA) is 85.6 Å². The summed E-state index contributed by atoms with van der Waals surface area (Å²) in [6.45, 7) is 3.86. The van der Waals surface area contributed by atoms with Gasteiger partial charge in [0.1, 0.15) is 11.3 Å². The first-order valence-electron chi connectivity index (χ1n) is 9.58. The number of benzene rings is 2. The third kappa shape index (κ3) is 4.54. The highest BCUT2D eigenvalue weighted by molar-refractivity contribution is 6.02. The highest BCUT2D eigenvalue weighted by Crippen LogP contribution is 2.27. The van der Waals surface area contributed by atoms with E-state index in [2.05, 4.69) is 5.32 Å². The lowest BCUT2D eigenvalue weighted by molar-refractivity contribution is -0.124. The fraction of sp³-hybridized carbons (Fsp3) is 0.261. The van der Waals surface area contributed by atoms with Crippen LogP contribution in [0.1, 0.15) is 35.7 Å². The molecule has 0 spiro atoms. The number of carbonyl (C=O) groups excluding carboxylic acids is 2. The van der Waals surface area contributed by atoms with Crippen LogP contribution in [0, 0.1) is 6.92 Å². The third-order valence-electron chi connectivity index (χ3n) is 4.59. The van der Waals surface area contributed by atoms with Crippen LogP contribution in [0.4, 0.5) is 0 Å². The first-order chi connectivity index (χ1) is 14.0. The number of hydrogen-bond donors (Lipinski definition) is 1. The van der Waals surface area contributed by atoms with Gasteiger partial charge in [-0.25, -0.2) is 4.79 Å². The van der Waals surface area contributed by atoms with Crippen LogP contribution in [0.2, 0.25) is 0 Å². The molecule has 0 radical (unpaired) electrons. The number of hydrogen-bond acceptors (Lipinski definition) is 5. The van der Waals surface area contributed by atoms with E-state index in [9.17, 15) is 14.4 Å². The molecule has 29 heavy (non-hydrogen) atoms. The highest BCUT2D eigenvalue weighted by Gasteiger charge is 2.19. The second kappa shape index (κ2) is 9.19. The van der Waals surface area contributed by atoms with Gasteiger partial charge in [0.15, 0.2) is 17.6 Å². The van der Waals surface area contributed by atoms with Crippen LogP contribution in [-0.4, -0.2) is 25.0 Å². The quantitative estimate of drug-likeness (QED) is 0.487. The summed E-state index contributed by atoms with van der Waals surface area (Å²) in [7, 11) is 0. The highest BCUT2D eigenvalue weighted by atomic mass is 16.5. The van der Waals surface area contributed by atoms with Crippen molar-refractivity contribution in [3.05, 3.63) is 69.9 Å². The molecule has 1 heterocycles. The zero-order chi connectivity index (χ0) is 20.8. The van der Waals surface area contributed by atoms with E-state index >= 15 is 0 Å². The van der Waals surface area contributed by atoms with Gasteiger partial charge in [-0.05, 0) is 25.5 Å². The van der Waals surface area contributed by atoms with Gasteiger partial charge in [0.05, 0.1) is 5.39 Å². The Morgan fingerprint density at radius 3 is 2.55 bits per heavy atom. The third-order valence-corrected chi connectivity index (χ3v) is 4.59. The summed E-state index contributed by atoms with van der Waals surface area (Å²) >= 11 is 0. The van der Waals surface area contributed by atoms with Gasteiger partial charge in [0, 0.05) is 17.7 Å². The molecule has 0 saturated heterocycles. The number of rotatable bonds is 7. The number of amides is 1. The lowest BCUT2D eigenvalue weighted by atomic mass is 10.0. The molecule has 0 fully saturated rings. The van der Waals surface area contributed by atoms with E-state index in [0.29, 0.717) is 23.3 Å². The molecule has 1 N–H and O–H groups in total. The molecule has 0 aliphatic carbocycles. The molecule has 0 bridgehead atoms. The standard InChI is InChI=1S/C23H23NO5/c1-3-4-13-24-19(25)14-28-23(27)18-12-8-11-17-20(26)15(2)21(29-22(17)18)16-9-6-5-7-10-16/h5-12H,3-4,13-14H2,1-2H3,(H,24,25). The average Bonchev–Trinajstić information content (AvgIpc) is 2.75. The van der Waals surface area contributed by atoms with Crippen molar-refractivity contribution in [1.82, 2.24) is 5.32 Å². The first kappa shape index (κ1) is 20.3. The Bertz CT molecular complexity index is 1090. The van der Waals surface area contributed by atoms with Gasteiger partial charge < -0.3 is 14.5 Å². The minimum atomic E-state index is -0.716. The van der Waals surface area contributed by atoms with Crippen LogP contribution in [-0.2, 0) is 9.53 Å². The van der Waals surface area contributed by atoms with Gasteiger partial charge in [-0.3, -0.25) is 9.59 Å². The molecule has 0 aliphatic rings. The molecule has 3 rings (SSSR count). The molecule has 3 aromatic rings. The first-order valence-corrected chi connectivity index (χ1v) is 9.58. The van der Waals surface area contributed by atoms with Gasteiger partial charge in [-0.15, -0.1) is 0 Å². The molecular weight excluding hydrogens is 370 g/mol. The summed E-state index contributed by atoms with van der Waals surface area (Å²) in [6, 6.07) is 13.9. The Morgan fingerprint density at radius 2 is 1.83 bits per heavy atom. The maximum Gasteiger partial charge on any atom is 0.342 e. The van der Waals surface area contributed by atoms with Crippen LogP contribution >= 0.6 is 0 Å². The Hall–Kier alpha value is -3.41. The maximum absolute atomic E-state index is 12.8. The van der Waals surface area contributed by atoms with E-state index in [0.717, 1.165) is 18.4 Å². The molecule has 0 aliphatic heterocycles. The minimum absolute atomic E-state index is 0.109. The summed E-state index contributed by atoms with van der Waals surface area (Å²) in [5.74, 6) is -0.678. The molecular formula is C23H23NO5. The van der Waals surface area contributed by atoms with Gasteiger partial charge in [-0.2, -0.15) is 0 Å². The normalized spacial score (nSPS) is 10.7. The fourth-order valence-corrected chi connectivity index (χ4v) is 3.00. The molecule has 0 saturated carbocycles. The lowest BCUT2D eigenvalue weighted by Gasteiger charge is -2.10. The predicted molar refractivity (Wildman–Crippen MR) is 111 cm³/mol. The van der Waals surface area contributed by atoms with E-state index in [-0.39, 0.29) is 29.1 Å². The lowest BCUT2D eigenvalue weighted by Crippen LogP contribution is -2.29. The van der Waals surface area contributed by atoms with E-state index in [1.54, 1.807) is 19.1 Å². The maximum atomic E-state index is 12.8. The molecule has 1 aromatic heterocycles. The average molecular weight is 393 g/mol. The SMILES string of the molecule is CCCCNC(=O)COC(=O)c1cccc2c(=O)c(C)c(-c3ccccc3)oc12. The van der Waals surface area contributed by atoms with Crippen molar-refractivity contribution >= 4 is 22.8 Å². The van der Waals surface area contributed by atoms with Gasteiger partial charge in [0.2, 0.25) is 0 Å². The Morgan fingerprint density at radius 1 is 1.07 bits per heavy atom. The zero-order valence-electron chi connectivity index (χ0n) is 16.5. The van der Waals surface area contributed by atoms with Crippen molar-refractivity contribution in [2.75, 3.05) is 13.2 Å². The second-order valence-corrected chi connectivity index (χ2v) is 6.71. The molecule has 1 amide bonds. The van der Waals surface area contributed by atoms with Gasteiger partial charge >= 0.3 is 5.97 Å². The van der Waals surface area contributed by atoms with Crippen LogP contribution in [0.3, 0.4) is 0 Å². The number of esters is 1. The van der Waals surface area contributed by atoms with Crippen molar-refractivity contribution in [1.29, 1.82) is 0 Å². The van der Waals surface area contributed by atoms with Crippen molar-refractivity contribution in [3.8, 4) is 11.3 Å². The largest absolute Gasteiger partial charge is 0.455 e. The molecule has 0 atom stereocenters. The van der Waals surface area contributed by atoms with E-state index in [1.807, 2.05) is 37.3 Å². The number of para-hydroxylation sites is 1. The van der Waals surface area contributed by atoms with Crippen LogP contribution in [0.15, 0.2) is 57.7 Å². The number of unbranched alkanes of at least 4 members (excludes halogenated alkanes) is 1. The van der Waals surface area contributed by atoms with E-state index in [1.165, 1.54) is 6.07 Å². The molecule has 6 heteroatoms. The zero-order valence-corrected chi connectivity index (χ0v) is 16.5. The summed E-state index contributed by atoms with van der Waals surface area (Å²) in [5.41, 5.74) is 1.25. The Labute approximate surface area is 168 Å². The van der Waals surface area contributed by atoms with Gasteiger partial charge in [-0.1, -0.05) is 49.7 Å². The molecule has 6 nitrogen and oxygen atoms in total. The van der Waals surface area contributed by atoms with Crippen molar-refractivity contribution in [2.24, 2.45) is 0 Å². The van der Waals surface area contributed by atoms with Crippen LogP contribution in [0.25, 0.3) is 22.3 Å². The number of carbonyl (C=O) groups is 2. The number of nitrogens with one attached hydrogen (secondary N) is 1. The fourth-order valence-electron chi connectivity index (χ4n) is 3.00. The monoisotopic (exact) mass is 393 g/mol. The Balaban J connectivity index is 1.92. The summed E-state index contributed by atoms with van der Waals surface area (Å²) in [5, 5.41) is 2.98. The van der Waals surface area contributed by atoms with Crippen molar-refractivity contribution < 1.29 is 18.7 Å². The molecule has 0 unspecified atom stereocenters. The van der Waals surface area contributed by atoms with Crippen molar-refractivity contribution in [2.45, 2.75) is 26.7 Å². The molecule has 150 valence electrons. The van der Waals surface area contributed by atoms with E-state index in [4.69, 9.17) is 9.15 Å². The Kier molecular flexibility index (Phi) is 6.44.